The van der Waals surface area contributed by atoms with Crippen LogP contribution in [-0.4, -0.2) is 24.0 Å². The molecule has 0 saturated heterocycles. The summed E-state index contributed by atoms with van der Waals surface area (Å²) < 4.78 is 7.74. The number of nitrogens with zero attached hydrogens (tertiary/aromatic N) is 2. The summed E-state index contributed by atoms with van der Waals surface area (Å²) >= 11 is -1.90. The molecule has 0 N–H and O–H groups in total. The molecule has 7 rings (SSSR count). The van der Waals surface area contributed by atoms with Gasteiger partial charge in [0.2, 0.25) is 0 Å². The van der Waals surface area contributed by atoms with Crippen molar-refractivity contribution in [2.24, 2.45) is 16.3 Å². The molecule has 0 amide bonds. The molecule has 1 radical (unpaired) electrons. The second kappa shape index (κ2) is 14.0. The first kappa shape index (κ1) is 35.0. The van der Waals surface area contributed by atoms with Gasteiger partial charge in [0.05, 0.1) is 11.3 Å². The molecule has 3 nitrogen and oxygen atoms in total. The van der Waals surface area contributed by atoms with Crippen LogP contribution in [0.1, 0.15) is 57.2 Å². The Morgan fingerprint density at radius 3 is 2.28 bits per heavy atom. The van der Waals surface area contributed by atoms with Gasteiger partial charge in [-0.05, 0) is 35.2 Å². The van der Waals surface area contributed by atoms with Crippen molar-refractivity contribution < 1.29 is 24.5 Å². The van der Waals surface area contributed by atoms with E-state index in [9.17, 15) is 0 Å². The van der Waals surface area contributed by atoms with Gasteiger partial charge >= 0.3 is 132 Å². The van der Waals surface area contributed by atoms with Crippen LogP contribution in [0.5, 0.6) is 0 Å². The second-order valence-corrected chi connectivity index (χ2v) is 25.5. The van der Waals surface area contributed by atoms with Gasteiger partial charge in [-0.25, -0.2) is 0 Å². The van der Waals surface area contributed by atoms with Crippen LogP contribution in [0.3, 0.4) is 0 Å². The summed E-state index contributed by atoms with van der Waals surface area (Å²) in [5, 5.41) is 2.27. The van der Waals surface area contributed by atoms with Crippen LogP contribution < -0.4 is 4.40 Å². The van der Waals surface area contributed by atoms with E-state index < -0.39 is 13.3 Å². The van der Waals surface area contributed by atoms with Crippen molar-refractivity contribution in [1.29, 1.82) is 0 Å². The SMILES string of the molecule is CC(C)(C)Cc1cc(-c2[c-]cccc2)nc[c]1[Ge]([CH3])([CH3])[CH3].CC(C)C1C(c2[c-]ccc3c2oc2ccccc23)=Nc2ccccc21.[Ir]. The van der Waals surface area contributed by atoms with E-state index in [2.05, 4.69) is 113 Å². The molecule has 3 heterocycles. The minimum atomic E-state index is -1.90. The van der Waals surface area contributed by atoms with E-state index >= 15 is 0 Å². The molecule has 0 spiro atoms. The first-order valence-corrected chi connectivity index (χ1v) is 23.7. The maximum Gasteiger partial charge on any atom is 0.120 e. The standard InChI is InChI=1S/C23H18NO.C19H26GeN.Ir/c1-14(2)21-17-9-3-5-12-19(17)24-22(21)18-11-7-10-16-15-8-4-6-13-20(15)25-23(16)18;1-19(2,3)13-16-12-18(15-10-8-7-9-11-15)21-14-17(16)20(4,5)6;/h3-10,12-14,21H,1-2H3;7-10,12,14H,13H2,1-6H3;/q2*-1;. The largest absolute Gasteiger partial charge is 0.501 e. The number of para-hydroxylation sites is 2. The molecule has 1 unspecified atom stereocenters. The van der Waals surface area contributed by atoms with Crippen molar-refractivity contribution in [3.05, 3.63) is 126 Å². The monoisotopic (exact) mass is 859 g/mol. The summed E-state index contributed by atoms with van der Waals surface area (Å²) in [5.74, 6) is 8.05. The molecule has 5 heteroatoms. The van der Waals surface area contributed by atoms with E-state index in [1.165, 1.54) is 15.5 Å². The van der Waals surface area contributed by atoms with E-state index in [0.717, 1.165) is 56.6 Å². The topological polar surface area (TPSA) is 38.4 Å². The number of aromatic nitrogens is 1. The summed E-state index contributed by atoms with van der Waals surface area (Å²) in [6, 6.07) is 37.8. The molecule has 1 aliphatic heterocycles. The Labute approximate surface area is 296 Å². The van der Waals surface area contributed by atoms with Crippen molar-refractivity contribution in [1.82, 2.24) is 4.98 Å². The molecular weight excluding hydrogens is 813 g/mol. The Hall–Kier alpha value is -3.31. The van der Waals surface area contributed by atoms with Gasteiger partial charge in [-0.15, -0.1) is 18.2 Å². The maximum atomic E-state index is 6.21. The van der Waals surface area contributed by atoms with Crippen LogP contribution >= 0.6 is 0 Å². The fourth-order valence-electron chi connectivity index (χ4n) is 6.56. The van der Waals surface area contributed by atoms with Crippen molar-refractivity contribution in [2.45, 2.75) is 64.2 Å². The zero-order valence-electron chi connectivity index (χ0n) is 28.7. The van der Waals surface area contributed by atoms with E-state index in [1.54, 1.807) is 0 Å². The van der Waals surface area contributed by atoms with Crippen LogP contribution in [-0.2, 0) is 26.5 Å². The second-order valence-electron chi connectivity index (χ2n) is 15.0. The van der Waals surface area contributed by atoms with Gasteiger partial charge in [-0.2, -0.15) is 0 Å². The number of pyridine rings is 1. The molecule has 0 saturated carbocycles. The number of fused-ring (bicyclic) bond motifs is 4. The molecule has 243 valence electrons. The third-order valence-corrected chi connectivity index (χ3v) is 12.9. The quantitative estimate of drug-likeness (QED) is 0.128. The molecule has 1 aliphatic rings. The molecule has 1 atom stereocenters. The zero-order chi connectivity index (χ0) is 32.6. The number of furan rings is 1. The van der Waals surface area contributed by atoms with Gasteiger partial charge in [-0.3, -0.25) is 0 Å². The predicted octanol–water partition coefficient (Wildman–Crippen LogP) is 10.9. The average Bonchev–Trinajstić information content (AvgIpc) is 3.59. The van der Waals surface area contributed by atoms with Crippen LogP contribution in [0.25, 0.3) is 33.2 Å². The van der Waals surface area contributed by atoms with Crippen LogP contribution in [0, 0.1) is 23.5 Å². The molecule has 0 aliphatic carbocycles. The molecule has 4 aromatic carbocycles. The van der Waals surface area contributed by atoms with E-state index in [0.29, 0.717) is 11.3 Å². The Balaban J connectivity index is 0.000000184. The summed E-state index contributed by atoms with van der Waals surface area (Å²) in [6.45, 7) is 11.4. The zero-order valence-corrected chi connectivity index (χ0v) is 33.2. The number of aliphatic imine (C=N–C) groups is 1. The normalized spacial score (nSPS) is 14.4. The summed E-state index contributed by atoms with van der Waals surface area (Å²) in [6.07, 6.45) is 3.24. The maximum absolute atomic E-state index is 6.21. The van der Waals surface area contributed by atoms with Gasteiger partial charge < -0.3 is 9.41 Å². The molecule has 0 fully saturated rings. The summed E-state index contributed by atoms with van der Waals surface area (Å²) in [7, 11) is 0. The minimum absolute atomic E-state index is 0. The van der Waals surface area contributed by atoms with Crippen molar-refractivity contribution in [3.8, 4) is 11.3 Å². The number of hydrogen-bond acceptors (Lipinski definition) is 3. The smallest absolute Gasteiger partial charge is 0.120 e. The Morgan fingerprint density at radius 1 is 0.851 bits per heavy atom. The third-order valence-electron chi connectivity index (χ3n) is 8.57. The van der Waals surface area contributed by atoms with Gasteiger partial charge in [0.25, 0.3) is 0 Å². The molecule has 47 heavy (non-hydrogen) atoms. The van der Waals surface area contributed by atoms with Crippen molar-refractivity contribution in [3.63, 3.8) is 0 Å². The Kier molecular flexibility index (Phi) is 10.5. The molecule has 6 aromatic rings. The van der Waals surface area contributed by atoms with Crippen LogP contribution in [0.15, 0.2) is 107 Å². The molecule has 2 aromatic heterocycles. The average molecular weight is 858 g/mol. The summed E-state index contributed by atoms with van der Waals surface area (Å²) in [5.41, 5.74) is 10.1. The van der Waals surface area contributed by atoms with Crippen molar-refractivity contribution in [2.75, 3.05) is 0 Å². The first-order chi connectivity index (χ1) is 21.9. The third kappa shape index (κ3) is 7.56. The van der Waals surface area contributed by atoms with Gasteiger partial charge in [0.1, 0.15) is 5.58 Å². The van der Waals surface area contributed by atoms with Gasteiger partial charge in [0.15, 0.2) is 0 Å². The predicted molar refractivity (Wildman–Crippen MR) is 197 cm³/mol. The first-order valence-electron chi connectivity index (χ1n) is 16.4. The fourth-order valence-corrected chi connectivity index (χ4v) is 9.86. The van der Waals surface area contributed by atoms with Crippen LogP contribution in [0.2, 0.25) is 17.3 Å². The summed E-state index contributed by atoms with van der Waals surface area (Å²) in [4.78, 5) is 9.69. The number of hydrogen-bond donors (Lipinski definition) is 0. The van der Waals surface area contributed by atoms with Gasteiger partial charge in [-0.1, -0.05) is 61.2 Å². The van der Waals surface area contributed by atoms with E-state index in [-0.39, 0.29) is 26.0 Å². The van der Waals surface area contributed by atoms with E-state index in [1.807, 2.05) is 48.5 Å². The molecular formula is C42H44GeIrN2O-2. The molecule has 0 bridgehead atoms. The van der Waals surface area contributed by atoms with Crippen LogP contribution in [0.4, 0.5) is 5.69 Å². The number of benzene rings is 4. The minimum Gasteiger partial charge on any atom is -0.501 e. The van der Waals surface area contributed by atoms with Crippen molar-refractivity contribution >= 4 is 51.0 Å². The van der Waals surface area contributed by atoms with Gasteiger partial charge in [0, 0.05) is 25.5 Å². The Bertz CT molecular complexity index is 2030. The fraction of sp³-hybridized carbons (Fsp3) is 0.286. The Morgan fingerprint density at radius 2 is 1.57 bits per heavy atom. The van der Waals surface area contributed by atoms with E-state index in [4.69, 9.17) is 14.4 Å². The number of rotatable bonds is 5.